The quantitative estimate of drug-likeness (QED) is 0.695. The van der Waals surface area contributed by atoms with Gasteiger partial charge in [-0.15, -0.1) is 0 Å². The highest BCUT2D eigenvalue weighted by atomic mass is 32.2. The van der Waals surface area contributed by atoms with E-state index >= 15 is 0 Å². The molecule has 0 saturated carbocycles. The average Bonchev–Trinajstić information content (AvgIpc) is 3.04. The zero-order valence-corrected chi connectivity index (χ0v) is 15.4. The fraction of sp³-hybridized carbons (Fsp3) is 0.368. The second kappa shape index (κ2) is 7.97. The Bertz CT molecular complexity index is 930. The number of hydrogen-bond donors (Lipinski definition) is 2. The van der Waals surface area contributed by atoms with E-state index in [1.807, 2.05) is 6.07 Å². The van der Waals surface area contributed by atoms with Crippen molar-refractivity contribution in [3.8, 4) is 11.3 Å². The smallest absolute Gasteiger partial charge is 0.264 e. The lowest BCUT2D eigenvalue weighted by molar-refractivity contribution is 0.481. The van der Waals surface area contributed by atoms with Crippen molar-refractivity contribution < 1.29 is 8.42 Å². The summed E-state index contributed by atoms with van der Waals surface area (Å²) in [6, 6.07) is 9.58. The lowest BCUT2D eigenvalue weighted by Gasteiger charge is -2.08. The zero-order valence-electron chi connectivity index (χ0n) is 14.6. The van der Waals surface area contributed by atoms with Gasteiger partial charge in [-0.3, -0.25) is 4.79 Å². The SMILES string of the molecule is C=CS(=O)(=O)NCCCCC1Cc2ccc(-c3ccc(=O)[nH]n3)cc2C1. The van der Waals surface area contributed by atoms with Crippen LogP contribution in [0, 0.1) is 5.92 Å². The molecule has 0 aliphatic heterocycles. The van der Waals surface area contributed by atoms with E-state index in [1.165, 1.54) is 17.2 Å². The van der Waals surface area contributed by atoms with Gasteiger partial charge in [0, 0.05) is 23.6 Å². The molecule has 0 bridgehead atoms. The summed E-state index contributed by atoms with van der Waals surface area (Å²) in [7, 11) is -3.31. The highest BCUT2D eigenvalue weighted by Crippen LogP contribution is 2.32. The molecule has 1 heterocycles. The van der Waals surface area contributed by atoms with Gasteiger partial charge in [0.2, 0.25) is 10.0 Å². The monoisotopic (exact) mass is 373 g/mol. The van der Waals surface area contributed by atoms with Crippen molar-refractivity contribution in [3.05, 3.63) is 63.8 Å². The van der Waals surface area contributed by atoms with E-state index in [0.717, 1.165) is 48.8 Å². The summed E-state index contributed by atoms with van der Waals surface area (Å²) in [6.45, 7) is 3.73. The average molecular weight is 373 g/mol. The van der Waals surface area contributed by atoms with Gasteiger partial charge >= 0.3 is 0 Å². The summed E-state index contributed by atoms with van der Waals surface area (Å²) in [4.78, 5) is 11.1. The van der Waals surface area contributed by atoms with Crippen LogP contribution in [-0.2, 0) is 22.9 Å². The number of fused-ring (bicyclic) bond motifs is 1. The molecule has 0 spiro atoms. The number of sulfonamides is 1. The summed E-state index contributed by atoms with van der Waals surface area (Å²) < 4.78 is 25.1. The number of hydrogen-bond acceptors (Lipinski definition) is 4. The Morgan fingerprint density at radius 3 is 2.73 bits per heavy atom. The van der Waals surface area contributed by atoms with Crippen LogP contribution in [0.4, 0.5) is 0 Å². The molecule has 1 aliphatic carbocycles. The molecular formula is C19H23N3O3S. The number of nitrogens with zero attached hydrogens (tertiary/aromatic N) is 1. The minimum Gasteiger partial charge on any atom is -0.268 e. The molecule has 0 saturated heterocycles. The number of benzene rings is 1. The van der Waals surface area contributed by atoms with E-state index < -0.39 is 10.0 Å². The molecule has 138 valence electrons. The third-order valence-corrected chi connectivity index (χ3v) is 5.81. The second-order valence-electron chi connectivity index (χ2n) is 6.67. The van der Waals surface area contributed by atoms with Crippen molar-refractivity contribution in [2.45, 2.75) is 32.1 Å². The number of aromatic nitrogens is 2. The molecule has 1 aromatic carbocycles. The molecular weight excluding hydrogens is 350 g/mol. The predicted molar refractivity (Wildman–Crippen MR) is 102 cm³/mol. The first kappa shape index (κ1) is 18.5. The Balaban J connectivity index is 1.52. The zero-order chi connectivity index (χ0) is 18.6. The molecule has 2 N–H and O–H groups in total. The van der Waals surface area contributed by atoms with Gasteiger partial charge in [-0.05, 0) is 54.9 Å². The fourth-order valence-corrected chi connectivity index (χ4v) is 3.96. The number of rotatable bonds is 8. The molecule has 3 rings (SSSR count). The van der Waals surface area contributed by atoms with Gasteiger partial charge in [0.15, 0.2) is 0 Å². The Hall–Kier alpha value is -2.25. The lowest BCUT2D eigenvalue weighted by atomic mass is 9.99. The van der Waals surface area contributed by atoms with Crippen LogP contribution in [0.5, 0.6) is 0 Å². The third kappa shape index (κ3) is 4.68. The predicted octanol–water partition coefficient (Wildman–Crippen LogP) is 2.38. The number of H-pyrrole nitrogens is 1. The van der Waals surface area contributed by atoms with Gasteiger partial charge in [-0.1, -0.05) is 25.1 Å². The normalized spacial score (nSPS) is 16.4. The second-order valence-corrected chi connectivity index (χ2v) is 8.38. The van der Waals surface area contributed by atoms with Crippen molar-refractivity contribution in [1.82, 2.24) is 14.9 Å². The molecule has 6 nitrogen and oxygen atoms in total. The van der Waals surface area contributed by atoms with E-state index in [-0.39, 0.29) is 5.56 Å². The molecule has 0 radical (unpaired) electrons. The van der Waals surface area contributed by atoms with Crippen LogP contribution >= 0.6 is 0 Å². The van der Waals surface area contributed by atoms with Gasteiger partial charge < -0.3 is 0 Å². The van der Waals surface area contributed by atoms with Gasteiger partial charge in [-0.2, -0.15) is 5.10 Å². The Morgan fingerprint density at radius 2 is 2.00 bits per heavy atom. The van der Waals surface area contributed by atoms with Crippen LogP contribution in [0.3, 0.4) is 0 Å². The molecule has 1 atom stereocenters. The molecule has 1 aromatic heterocycles. The van der Waals surface area contributed by atoms with Crippen LogP contribution in [0.1, 0.15) is 30.4 Å². The van der Waals surface area contributed by atoms with E-state index in [2.05, 4.69) is 33.6 Å². The van der Waals surface area contributed by atoms with Crippen LogP contribution in [0.2, 0.25) is 0 Å². The van der Waals surface area contributed by atoms with Gasteiger partial charge in [0.1, 0.15) is 0 Å². The Labute approximate surface area is 153 Å². The van der Waals surface area contributed by atoms with Crippen molar-refractivity contribution in [2.75, 3.05) is 6.54 Å². The highest BCUT2D eigenvalue weighted by molar-refractivity contribution is 7.92. The summed E-state index contributed by atoms with van der Waals surface area (Å²) in [5, 5.41) is 7.50. The first-order valence-electron chi connectivity index (χ1n) is 8.77. The molecule has 1 unspecified atom stereocenters. The van der Waals surface area contributed by atoms with E-state index in [0.29, 0.717) is 12.5 Å². The standard InChI is InChI=1S/C19H23N3O3S/c1-2-26(24,25)20-10-4-3-5-14-11-15-6-7-16(13-17(15)12-14)18-8-9-19(23)22-21-18/h2,6-9,13-14,20H,1,3-5,10-12H2,(H,22,23). The van der Waals surface area contributed by atoms with Crippen molar-refractivity contribution in [3.63, 3.8) is 0 Å². The van der Waals surface area contributed by atoms with E-state index in [9.17, 15) is 13.2 Å². The number of unbranched alkanes of at least 4 members (excludes halogenated alkanes) is 1. The maximum atomic E-state index is 11.3. The first-order chi connectivity index (χ1) is 12.5. The lowest BCUT2D eigenvalue weighted by Crippen LogP contribution is -2.22. The van der Waals surface area contributed by atoms with Crippen molar-refractivity contribution in [1.29, 1.82) is 0 Å². The minimum absolute atomic E-state index is 0.203. The van der Waals surface area contributed by atoms with Crippen molar-refractivity contribution in [2.24, 2.45) is 5.92 Å². The Kier molecular flexibility index (Phi) is 5.68. The molecule has 7 heteroatoms. The molecule has 26 heavy (non-hydrogen) atoms. The number of aromatic amines is 1. The summed E-state index contributed by atoms with van der Waals surface area (Å²) in [5.41, 5.74) is 4.29. The molecule has 1 aliphatic rings. The topological polar surface area (TPSA) is 91.9 Å². The van der Waals surface area contributed by atoms with Crippen LogP contribution in [-0.4, -0.2) is 25.2 Å². The van der Waals surface area contributed by atoms with Gasteiger partial charge in [0.25, 0.3) is 5.56 Å². The van der Waals surface area contributed by atoms with Gasteiger partial charge in [-0.25, -0.2) is 18.2 Å². The molecule has 0 fully saturated rings. The van der Waals surface area contributed by atoms with Gasteiger partial charge in [0.05, 0.1) is 5.69 Å². The minimum atomic E-state index is -3.31. The van der Waals surface area contributed by atoms with E-state index in [4.69, 9.17) is 0 Å². The molecule has 2 aromatic rings. The van der Waals surface area contributed by atoms with Crippen molar-refractivity contribution >= 4 is 10.0 Å². The number of nitrogens with one attached hydrogen (secondary N) is 2. The fourth-order valence-electron chi connectivity index (χ4n) is 3.41. The maximum Gasteiger partial charge on any atom is 0.264 e. The molecule has 0 amide bonds. The Morgan fingerprint density at radius 1 is 1.19 bits per heavy atom. The van der Waals surface area contributed by atoms with Crippen LogP contribution in [0.25, 0.3) is 11.3 Å². The summed E-state index contributed by atoms with van der Waals surface area (Å²) in [6.07, 6.45) is 4.99. The highest BCUT2D eigenvalue weighted by Gasteiger charge is 2.21. The van der Waals surface area contributed by atoms with E-state index in [1.54, 1.807) is 6.07 Å². The largest absolute Gasteiger partial charge is 0.268 e. The first-order valence-corrected chi connectivity index (χ1v) is 10.3. The van der Waals surface area contributed by atoms with Crippen LogP contribution in [0.15, 0.2) is 47.1 Å². The summed E-state index contributed by atoms with van der Waals surface area (Å²) >= 11 is 0. The maximum absolute atomic E-state index is 11.3. The third-order valence-electron chi connectivity index (χ3n) is 4.76. The van der Waals surface area contributed by atoms with Crippen LogP contribution < -0.4 is 10.3 Å². The summed E-state index contributed by atoms with van der Waals surface area (Å²) in [5.74, 6) is 0.597.